The van der Waals surface area contributed by atoms with Gasteiger partial charge in [-0.2, -0.15) is 15.0 Å². The number of benzene rings is 2. The van der Waals surface area contributed by atoms with Crippen molar-refractivity contribution in [1.82, 2.24) is 19.9 Å². The fourth-order valence-corrected chi connectivity index (χ4v) is 2.81. The van der Waals surface area contributed by atoms with Crippen LogP contribution in [-0.4, -0.2) is 41.1 Å². The van der Waals surface area contributed by atoms with Gasteiger partial charge in [0.05, 0.1) is 26.5 Å². The Labute approximate surface area is 164 Å². The van der Waals surface area contributed by atoms with Gasteiger partial charge >= 0.3 is 0 Å². The molecule has 0 spiro atoms. The molecule has 1 aromatic heterocycles. The van der Waals surface area contributed by atoms with Crippen molar-refractivity contribution < 1.29 is 9.47 Å². The molecule has 0 unspecified atom stereocenters. The van der Waals surface area contributed by atoms with E-state index in [1.165, 1.54) is 0 Å². The van der Waals surface area contributed by atoms with Crippen molar-refractivity contribution in [2.24, 2.45) is 0 Å². The molecule has 0 atom stereocenters. The molecule has 8 heteroatoms. The molecule has 3 aromatic rings. The van der Waals surface area contributed by atoms with Crippen LogP contribution < -0.4 is 20.5 Å². The van der Waals surface area contributed by atoms with Gasteiger partial charge in [-0.1, -0.05) is 24.3 Å². The highest BCUT2D eigenvalue weighted by molar-refractivity contribution is 5.62. The number of para-hydroxylation sites is 2. The standard InChI is InChI=1S/C20H24N6O2/c1-26(12-14-7-6-8-15(11-14)27-2)13-18-23-19(21)25-20(24-18)22-16-9-4-5-10-17(16)28-3/h4-11H,12-13H2,1-3H3,(H3,21,22,23,24,25). The predicted octanol–water partition coefficient (Wildman–Crippen LogP) is 2.85. The number of hydrogen-bond acceptors (Lipinski definition) is 8. The van der Waals surface area contributed by atoms with E-state index in [1.807, 2.05) is 49.5 Å². The molecule has 1 heterocycles. The van der Waals surface area contributed by atoms with Crippen molar-refractivity contribution in [3.05, 3.63) is 59.9 Å². The number of nitrogens with two attached hydrogens (primary N) is 1. The number of aromatic nitrogens is 3. The average Bonchev–Trinajstić information content (AvgIpc) is 2.68. The summed E-state index contributed by atoms with van der Waals surface area (Å²) in [5.41, 5.74) is 7.77. The van der Waals surface area contributed by atoms with Crippen LogP contribution in [0.5, 0.6) is 11.5 Å². The minimum absolute atomic E-state index is 0.164. The van der Waals surface area contributed by atoms with Gasteiger partial charge in [0, 0.05) is 6.54 Å². The third kappa shape index (κ3) is 5.08. The zero-order valence-corrected chi connectivity index (χ0v) is 16.2. The van der Waals surface area contributed by atoms with Crippen molar-refractivity contribution in [3.63, 3.8) is 0 Å². The molecule has 28 heavy (non-hydrogen) atoms. The molecule has 3 N–H and O–H groups in total. The van der Waals surface area contributed by atoms with Gasteiger partial charge in [0.1, 0.15) is 17.3 Å². The molecular weight excluding hydrogens is 356 g/mol. The van der Waals surface area contributed by atoms with Crippen LogP contribution in [0, 0.1) is 0 Å². The quantitative estimate of drug-likeness (QED) is 0.616. The number of methoxy groups -OCH3 is 2. The number of ether oxygens (including phenoxy) is 2. The predicted molar refractivity (Wildman–Crippen MR) is 109 cm³/mol. The molecular formula is C20H24N6O2. The molecule has 0 saturated carbocycles. The lowest BCUT2D eigenvalue weighted by Crippen LogP contribution is -2.20. The van der Waals surface area contributed by atoms with E-state index in [9.17, 15) is 0 Å². The molecule has 0 amide bonds. The number of hydrogen-bond donors (Lipinski definition) is 2. The van der Waals surface area contributed by atoms with Crippen LogP contribution in [0.2, 0.25) is 0 Å². The van der Waals surface area contributed by atoms with E-state index < -0.39 is 0 Å². The highest BCUT2D eigenvalue weighted by Gasteiger charge is 2.10. The van der Waals surface area contributed by atoms with E-state index in [0.29, 0.717) is 24.1 Å². The number of anilines is 3. The van der Waals surface area contributed by atoms with Crippen LogP contribution in [-0.2, 0) is 13.1 Å². The summed E-state index contributed by atoms with van der Waals surface area (Å²) in [6.45, 7) is 1.24. The molecule has 3 rings (SSSR count). The lowest BCUT2D eigenvalue weighted by molar-refractivity contribution is 0.310. The van der Waals surface area contributed by atoms with Gasteiger partial charge in [0.2, 0.25) is 11.9 Å². The Balaban J connectivity index is 1.72. The van der Waals surface area contributed by atoms with E-state index in [4.69, 9.17) is 15.2 Å². The van der Waals surface area contributed by atoms with E-state index >= 15 is 0 Å². The second-order valence-electron chi connectivity index (χ2n) is 6.28. The van der Waals surface area contributed by atoms with Gasteiger partial charge in [0.15, 0.2) is 0 Å². The summed E-state index contributed by atoms with van der Waals surface area (Å²) >= 11 is 0. The Morgan fingerprint density at radius 2 is 1.79 bits per heavy atom. The SMILES string of the molecule is COc1cccc(CN(C)Cc2nc(N)nc(Nc3ccccc3OC)n2)c1. The number of nitrogen functional groups attached to an aromatic ring is 1. The Morgan fingerprint density at radius 3 is 2.57 bits per heavy atom. The van der Waals surface area contributed by atoms with E-state index in [-0.39, 0.29) is 5.95 Å². The van der Waals surface area contributed by atoms with Gasteiger partial charge in [-0.3, -0.25) is 4.90 Å². The van der Waals surface area contributed by atoms with E-state index in [0.717, 1.165) is 23.5 Å². The zero-order chi connectivity index (χ0) is 19.9. The summed E-state index contributed by atoms with van der Waals surface area (Å²) in [5, 5.41) is 3.14. The molecule has 0 aliphatic carbocycles. The first-order chi connectivity index (χ1) is 13.6. The maximum atomic E-state index is 5.88. The largest absolute Gasteiger partial charge is 0.497 e. The van der Waals surface area contributed by atoms with Gasteiger partial charge in [-0.05, 0) is 36.9 Å². The van der Waals surface area contributed by atoms with E-state index in [2.05, 4.69) is 31.2 Å². The molecule has 0 fully saturated rings. The smallest absolute Gasteiger partial charge is 0.232 e. The first-order valence-corrected chi connectivity index (χ1v) is 8.79. The molecule has 0 saturated heterocycles. The number of nitrogens with zero attached hydrogens (tertiary/aromatic N) is 4. The van der Waals surface area contributed by atoms with Crippen molar-refractivity contribution in [3.8, 4) is 11.5 Å². The lowest BCUT2D eigenvalue weighted by atomic mass is 10.2. The summed E-state index contributed by atoms with van der Waals surface area (Å²) in [5.74, 6) is 2.64. The molecule has 0 bridgehead atoms. The topological polar surface area (TPSA) is 98.4 Å². The molecule has 146 valence electrons. The first-order valence-electron chi connectivity index (χ1n) is 8.79. The first kappa shape index (κ1) is 19.4. The van der Waals surface area contributed by atoms with E-state index in [1.54, 1.807) is 14.2 Å². The second kappa shape index (κ2) is 9.01. The maximum absolute atomic E-state index is 5.88. The fraction of sp³-hybridized carbons (Fsp3) is 0.250. The van der Waals surface area contributed by atoms with Crippen LogP contribution in [0.15, 0.2) is 48.5 Å². The lowest BCUT2D eigenvalue weighted by Gasteiger charge is -2.17. The summed E-state index contributed by atoms with van der Waals surface area (Å²) in [6.07, 6.45) is 0. The van der Waals surface area contributed by atoms with Crippen LogP contribution in [0.1, 0.15) is 11.4 Å². The Bertz CT molecular complexity index is 934. The minimum Gasteiger partial charge on any atom is -0.497 e. The van der Waals surface area contributed by atoms with Crippen molar-refractivity contribution in [1.29, 1.82) is 0 Å². The summed E-state index contributed by atoms with van der Waals surface area (Å²) in [6, 6.07) is 15.5. The highest BCUT2D eigenvalue weighted by atomic mass is 16.5. The second-order valence-corrected chi connectivity index (χ2v) is 6.28. The monoisotopic (exact) mass is 380 g/mol. The van der Waals surface area contributed by atoms with Gasteiger partial charge in [-0.15, -0.1) is 0 Å². The molecule has 0 radical (unpaired) electrons. The Kier molecular flexibility index (Phi) is 6.23. The third-order valence-corrected chi connectivity index (χ3v) is 4.05. The van der Waals surface area contributed by atoms with Gasteiger partial charge in [-0.25, -0.2) is 0 Å². The summed E-state index contributed by atoms with van der Waals surface area (Å²) in [4.78, 5) is 15.0. The average molecular weight is 380 g/mol. The minimum atomic E-state index is 0.164. The van der Waals surface area contributed by atoms with Crippen molar-refractivity contribution in [2.45, 2.75) is 13.1 Å². The van der Waals surface area contributed by atoms with Gasteiger partial charge in [0.25, 0.3) is 0 Å². The molecule has 8 nitrogen and oxygen atoms in total. The van der Waals surface area contributed by atoms with Gasteiger partial charge < -0.3 is 20.5 Å². The number of rotatable bonds is 8. The number of nitrogens with one attached hydrogen (secondary N) is 1. The van der Waals surface area contributed by atoms with Crippen molar-refractivity contribution >= 4 is 17.6 Å². The van der Waals surface area contributed by atoms with Crippen molar-refractivity contribution in [2.75, 3.05) is 32.3 Å². The molecule has 0 aliphatic rings. The van der Waals surface area contributed by atoms with Crippen LogP contribution in [0.25, 0.3) is 0 Å². The van der Waals surface area contributed by atoms with Crippen LogP contribution in [0.3, 0.4) is 0 Å². The zero-order valence-electron chi connectivity index (χ0n) is 16.2. The van der Waals surface area contributed by atoms with Crippen LogP contribution in [0.4, 0.5) is 17.6 Å². The normalized spacial score (nSPS) is 10.7. The third-order valence-electron chi connectivity index (χ3n) is 4.05. The summed E-state index contributed by atoms with van der Waals surface area (Å²) in [7, 11) is 5.26. The Hall–Kier alpha value is -3.39. The maximum Gasteiger partial charge on any atom is 0.232 e. The highest BCUT2D eigenvalue weighted by Crippen LogP contribution is 2.25. The Morgan fingerprint density at radius 1 is 0.964 bits per heavy atom. The fourth-order valence-electron chi connectivity index (χ4n) is 2.81. The molecule has 0 aliphatic heterocycles. The van der Waals surface area contributed by atoms with Crippen LogP contribution >= 0.6 is 0 Å². The summed E-state index contributed by atoms with van der Waals surface area (Å²) < 4.78 is 10.6. The molecule has 2 aromatic carbocycles.